The summed E-state index contributed by atoms with van der Waals surface area (Å²) >= 11 is 4.52. The van der Waals surface area contributed by atoms with Crippen molar-refractivity contribution in [3.05, 3.63) is 89.5 Å². The van der Waals surface area contributed by atoms with Crippen LogP contribution in [0.3, 0.4) is 0 Å². The van der Waals surface area contributed by atoms with Crippen molar-refractivity contribution in [3.63, 3.8) is 0 Å². The summed E-state index contributed by atoms with van der Waals surface area (Å²) in [6.07, 6.45) is 2.60. The Hall–Kier alpha value is -1.96. The van der Waals surface area contributed by atoms with E-state index in [4.69, 9.17) is 0 Å². The zero-order chi connectivity index (χ0) is 21.8. The Morgan fingerprint density at radius 3 is 1.43 bits per heavy atom. The van der Waals surface area contributed by atoms with Gasteiger partial charge in [0.05, 0.1) is 0 Å². The summed E-state index contributed by atoms with van der Waals surface area (Å²) in [6.45, 7) is 6.56. The molecule has 0 fully saturated rings. The molecule has 3 rings (SSSR count). The van der Waals surface area contributed by atoms with E-state index in [0.29, 0.717) is 6.42 Å². The SMILES string of the molecule is Cc1ccccc1P(Br)(CCCCC(=O)O)(c1ccccc1C)c1ccccc1C. The van der Waals surface area contributed by atoms with Crippen LogP contribution in [0.1, 0.15) is 36.0 Å². The second kappa shape index (κ2) is 9.04. The van der Waals surface area contributed by atoms with Crippen LogP contribution >= 0.6 is 20.8 Å². The first-order chi connectivity index (χ1) is 14.3. The molecule has 0 saturated carbocycles. The van der Waals surface area contributed by atoms with Crippen LogP contribution < -0.4 is 15.9 Å². The van der Waals surface area contributed by atoms with Gasteiger partial charge in [-0.2, -0.15) is 0 Å². The van der Waals surface area contributed by atoms with Crippen molar-refractivity contribution in [1.82, 2.24) is 0 Å². The summed E-state index contributed by atoms with van der Waals surface area (Å²) in [6, 6.07) is 26.0. The average Bonchev–Trinajstić information content (AvgIpc) is 2.72. The average molecular weight is 485 g/mol. The topological polar surface area (TPSA) is 37.3 Å². The molecule has 0 aliphatic rings. The summed E-state index contributed by atoms with van der Waals surface area (Å²) in [5.41, 5.74) is 3.78. The number of unbranched alkanes of at least 4 members (excludes halogenated alkanes) is 1. The molecule has 0 atom stereocenters. The van der Waals surface area contributed by atoms with Gasteiger partial charge in [0.2, 0.25) is 0 Å². The molecular weight excluding hydrogens is 455 g/mol. The van der Waals surface area contributed by atoms with Crippen LogP contribution in [-0.4, -0.2) is 17.2 Å². The van der Waals surface area contributed by atoms with Crippen molar-refractivity contribution in [2.45, 2.75) is 40.0 Å². The van der Waals surface area contributed by atoms with Gasteiger partial charge in [-0.25, -0.2) is 0 Å². The Balaban J connectivity index is 2.38. The number of rotatable bonds is 8. The predicted octanol–water partition coefficient (Wildman–Crippen LogP) is 6.01. The molecule has 3 aromatic carbocycles. The number of benzene rings is 3. The van der Waals surface area contributed by atoms with Crippen LogP contribution in [0.4, 0.5) is 0 Å². The van der Waals surface area contributed by atoms with Crippen LogP contribution in [-0.2, 0) is 4.79 Å². The van der Waals surface area contributed by atoms with Gasteiger partial charge in [-0.3, -0.25) is 0 Å². The summed E-state index contributed by atoms with van der Waals surface area (Å²) < 4.78 is 0. The normalized spacial score (nSPS) is 12.9. The number of carboxylic acids is 1. The van der Waals surface area contributed by atoms with Crippen LogP contribution in [0.2, 0.25) is 0 Å². The second-order valence-electron chi connectivity index (χ2n) is 8.12. The van der Waals surface area contributed by atoms with E-state index in [1.807, 2.05) is 0 Å². The van der Waals surface area contributed by atoms with E-state index in [-0.39, 0.29) is 6.42 Å². The quantitative estimate of drug-likeness (QED) is 0.314. The van der Waals surface area contributed by atoms with Crippen LogP contribution in [0.5, 0.6) is 0 Å². The monoisotopic (exact) mass is 484 g/mol. The molecule has 0 heterocycles. The number of aliphatic carboxylic acids is 1. The van der Waals surface area contributed by atoms with Gasteiger partial charge in [0.1, 0.15) is 0 Å². The maximum absolute atomic E-state index is 11.2. The Morgan fingerprint density at radius 2 is 1.10 bits per heavy atom. The van der Waals surface area contributed by atoms with E-state index in [1.54, 1.807) is 0 Å². The van der Waals surface area contributed by atoms with E-state index < -0.39 is 11.3 Å². The van der Waals surface area contributed by atoms with Crippen LogP contribution in [0, 0.1) is 20.8 Å². The standard InChI is InChI=1S/C26H30BrO2P/c1-20-12-4-7-15-23(20)30(27,19-11-10-18-26(28)29,24-16-8-5-13-21(24)2)25-17-9-6-14-22(25)3/h4-9,12-17H,10-11,18-19H2,1-3H3,(H,28,29). The summed E-state index contributed by atoms with van der Waals surface area (Å²) in [5, 5.41) is 10.2. The third-order valence-electron chi connectivity index (χ3n) is 6.07. The number of hydrogen-bond acceptors (Lipinski definition) is 1. The maximum atomic E-state index is 11.2. The van der Waals surface area contributed by atoms with Crippen LogP contribution in [0.25, 0.3) is 0 Å². The van der Waals surface area contributed by atoms with Gasteiger partial charge in [-0.05, 0) is 0 Å². The van der Waals surface area contributed by atoms with E-state index >= 15 is 0 Å². The number of aryl methyl sites for hydroxylation is 3. The van der Waals surface area contributed by atoms with Crippen LogP contribution in [0.15, 0.2) is 72.8 Å². The fourth-order valence-electron chi connectivity index (χ4n) is 4.70. The Bertz CT molecular complexity index is 946. The first kappa shape index (κ1) is 22.7. The fourth-order valence-corrected chi connectivity index (χ4v) is 15.0. The van der Waals surface area contributed by atoms with E-state index in [0.717, 1.165) is 12.6 Å². The van der Waals surface area contributed by atoms with Crippen molar-refractivity contribution in [2.24, 2.45) is 0 Å². The summed E-state index contributed by atoms with van der Waals surface area (Å²) in [7, 11) is 0. The molecular formula is C26H30BrO2P. The van der Waals surface area contributed by atoms with Gasteiger partial charge in [-0.15, -0.1) is 0 Å². The molecule has 2 nitrogen and oxygen atoms in total. The Kier molecular flexibility index (Phi) is 6.84. The molecule has 0 aliphatic heterocycles. The van der Waals surface area contributed by atoms with Crippen molar-refractivity contribution in [3.8, 4) is 0 Å². The van der Waals surface area contributed by atoms with Gasteiger partial charge >= 0.3 is 188 Å². The zero-order valence-corrected chi connectivity index (χ0v) is 20.4. The molecule has 0 unspecified atom stereocenters. The fraction of sp³-hybridized carbons (Fsp3) is 0.269. The first-order valence-electron chi connectivity index (χ1n) is 10.4. The molecule has 4 heteroatoms. The molecule has 0 aliphatic carbocycles. The number of carbonyl (C=O) groups is 1. The molecule has 0 bridgehead atoms. The summed E-state index contributed by atoms with van der Waals surface area (Å²) in [4.78, 5) is 11.2. The Labute approximate surface area is 188 Å². The second-order valence-corrected chi connectivity index (χ2v) is 17.1. The molecule has 30 heavy (non-hydrogen) atoms. The number of halogens is 1. The third-order valence-corrected chi connectivity index (χ3v) is 16.2. The van der Waals surface area contributed by atoms with Gasteiger partial charge in [0.25, 0.3) is 0 Å². The van der Waals surface area contributed by atoms with Gasteiger partial charge in [0.15, 0.2) is 0 Å². The van der Waals surface area contributed by atoms with Crippen molar-refractivity contribution >= 4 is 42.7 Å². The zero-order valence-electron chi connectivity index (χ0n) is 17.9. The molecule has 0 saturated heterocycles. The molecule has 0 spiro atoms. The van der Waals surface area contributed by atoms with Crippen molar-refractivity contribution in [2.75, 3.05) is 6.16 Å². The molecule has 0 radical (unpaired) electrons. The van der Waals surface area contributed by atoms with Gasteiger partial charge in [-0.1, -0.05) is 0 Å². The molecule has 0 aromatic heterocycles. The minimum atomic E-state index is -3.03. The molecule has 1 N–H and O–H groups in total. The minimum absolute atomic E-state index is 0.203. The number of hydrogen-bond donors (Lipinski definition) is 1. The van der Waals surface area contributed by atoms with Gasteiger partial charge in [0, 0.05) is 0 Å². The predicted molar refractivity (Wildman–Crippen MR) is 135 cm³/mol. The van der Waals surface area contributed by atoms with E-state index in [1.165, 1.54) is 32.6 Å². The third kappa shape index (κ3) is 3.98. The molecule has 158 valence electrons. The Morgan fingerprint density at radius 1 is 0.733 bits per heavy atom. The van der Waals surface area contributed by atoms with E-state index in [9.17, 15) is 9.90 Å². The first-order valence-corrected chi connectivity index (χ1v) is 14.9. The van der Waals surface area contributed by atoms with E-state index in [2.05, 4.69) is 109 Å². The van der Waals surface area contributed by atoms with Crippen molar-refractivity contribution < 1.29 is 9.90 Å². The molecule has 0 amide bonds. The summed E-state index contributed by atoms with van der Waals surface area (Å²) in [5.74, 6) is -0.729. The number of carboxylic acid groups (broad SMARTS) is 1. The van der Waals surface area contributed by atoms with Gasteiger partial charge < -0.3 is 0 Å². The molecule has 3 aromatic rings. The van der Waals surface area contributed by atoms with Crippen molar-refractivity contribution in [1.29, 1.82) is 0 Å².